The van der Waals surface area contributed by atoms with Crippen LogP contribution in [-0.2, 0) is 4.79 Å². The summed E-state index contributed by atoms with van der Waals surface area (Å²) in [6.07, 6.45) is 3.74. The molecule has 0 aliphatic carbocycles. The van der Waals surface area contributed by atoms with E-state index in [9.17, 15) is 14.4 Å². The fraction of sp³-hybridized carbons (Fsp3) is 0.417. The van der Waals surface area contributed by atoms with Gasteiger partial charge in [0.05, 0.1) is 0 Å². The molecule has 1 saturated heterocycles. The number of carbonyl (C=O) groups excluding carboxylic acids is 2. The molecule has 2 amide bonds. The second-order valence-corrected chi connectivity index (χ2v) is 4.30. The van der Waals surface area contributed by atoms with E-state index in [1.165, 1.54) is 12.3 Å². The monoisotopic (exact) mass is 249 g/mol. The van der Waals surface area contributed by atoms with Crippen molar-refractivity contribution in [3.05, 3.63) is 34.2 Å². The fourth-order valence-electron chi connectivity index (χ4n) is 2.01. The number of nitrogens with one attached hydrogen (secondary N) is 2. The van der Waals surface area contributed by atoms with Crippen molar-refractivity contribution in [3.8, 4) is 0 Å². The highest BCUT2D eigenvalue weighted by molar-refractivity contribution is 5.93. The number of rotatable bonds is 3. The standard InChI is InChI=1S/C12H15N3O3/c16-8-15-6-3-9(4-7-15)14-12(18)10-2-1-5-13-11(10)17/h1-2,5,8-9H,3-4,6-7H2,(H,13,17)(H,14,18). The van der Waals surface area contributed by atoms with Crippen molar-refractivity contribution in [2.24, 2.45) is 0 Å². The van der Waals surface area contributed by atoms with Crippen LogP contribution in [0.2, 0.25) is 0 Å². The third-order valence-electron chi connectivity index (χ3n) is 3.08. The lowest BCUT2D eigenvalue weighted by atomic mass is 10.1. The quantitative estimate of drug-likeness (QED) is 0.723. The van der Waals surface area contributed by atoms with E-state index < -0.39 is 0 Å². The summed E-state index contributed by atoms with van der Waals surface area (Å²) in [7, 11) is 0. The first kappa shape index (κ1) is 12.3. The number of H-pyrrole nitrogens is 1. The van der Waals surface area contributed by atoms with Crippen molar-refractivity contribution >= 4 is 12.3 Å². The molecule has 2 N–H and O–H groups in total. The molecular weight excluding hydrogens is 234 g/mol. The minimum absolute atomic E-state index is 0.0216. The number of pyridine rings is 1. The van der Waals surface area contributed by atoms with E-state index >= 15 is 0 Å². The van der Waals surface area contributed by atoms with Crippen LogP contribution in [0.5, 0.6) is 0 Å². The second-order valence-electron chi connectivity index (χ2n) is 4.30. The first-order valence-electron chi connectivity index (χ1n) is 5.88. The molecule has 6 heteroatoms. The Morgan fingerprint density at radius 1 is 1.44 bits per heavy atom. The SMILES string of the molecule is O=CN1CCC(NC(=O)c2ccc[nH]c2=O)CC1. The average Bonchev–Trinajstić information content (AvgIpc) is 2.40. The maximum Gasteiger partial charge on any atom is 0.260 e. The van der Waals surface area contributed by atoms with Gasteiger partial charge in [-0.25, -0.2) is 0 Å². The Bertz CT molecular complexity index is 489. The first-order valence-corrected chi connectivity index (χ1v) is 5.88. The number of hydrogen-bond acceptors (Lipinski definition) is 3. The van der Waals surface area contributed by atoms with Gasteiger partial charge in [0.2, 0.25) is 6.41 Å². The molecule has 1 aromatic heterocycles. The van der Waals surface area contributed by atoms with Crippen LogP contribution in [0.1, 0.15) is 23.2 Å². The van der Waals surface area contributed by atoms with Crippen molar-refractivity contribution in [3.63, 3.8) is 0 Å². The van der Waals surface area contributed by atoms with E-state index in [2.05, 4.69) is 10.3 Å². The number of likely N-dealkylation sites (tertiary alicyclic amines) is 1. The van der Waals surface area contributed by atoms with Gasteiger partial charge in [-0.1, -0.05) is 0 Å². The fourth-order valence-corrected chi connectivity index (χ4v) is 2.01. The minimum atomic E-state index is -0.389. The van der Waals surface area contributed by atoms with Gasteiger partial charge in [-0.15, -0.1) is 0 Å². The number of piperidine rings is 1. The number of hydrogen-bond donors (Lipinski definition) is 2. The largest absolute Gasteiger partial charge is 0.349 e. The molecule has 1 aliphatic heterocycles. The average molecular weight is 249 g/mol. The van der Waals surface area contributed by atoms with Gasteiger partial charge in [-0.05, 0) is 25.0 Å². The van der Waals surface area contributed by atoms with Crippen molar-refractivity contribution in [2.75, 3.05) is 13.1 Å². The summed E-state index contributed by atoms with van der Waals surface area (Å²) in [5.74, 6) is -0.360. The highest BCUT2D eigenvalue weighted by atomic mass is 16.2. The van der Waals surface area contributed by atoms with Crippen LogP contribution < -0.4 is 10.9 Å². The predicted octanol–water partition coefficient (Wildman–Crippen LogP) is -0.275. The Morgan fingerprint density at radius 3 is 2.78 bits per heavy atom. The number of aromatic amines is 1. The van der Waals surface area contributed by atoms with Gasteiger partial charge in [0.1, 0.15) is 5.56 Å². The number of aromatic nitrogens is 1. The van der Waals surface area contributed by atoms with Crippen LogP contribution in [0, 0.1) is 0 Å². The van der Waals surface area contributed by atoms with Gasteiger partial charge in [0, 0.05) is 25.3 Å². The number of carbonyl (C=O) groups is 2. The maximum atomic E-state index is 11.9. The Hall–Kier alpha value is -2.11. The predicted molar refractivity (Wildman–Crippen MR) is 65.2 cm³/mol. The molecule has 0 unspecified atom stereocenters. The zero-order chi connectivity index (χ0) is 13.0. The molecule has 18 heavy (non-hydrogen) atoms. The summed E-state index contributed by atoms with van der Waals surface area (Å²) in [5, 5.41) is 2.82. The molecular formula is C12H15N3O3. The third kappa shape index (κ3) is 2.77. The Balaban J connectivity index is 1.95. The normalized spacial score (nSPS) is 16.3. The molecule has 0 radical (unpaired) electrons. The van der Waals surface area contributed by atoms with Gasteiger partial charge in [-0.2, -0.15) is 0 Å². The summed E-state index contributed by atoms with van der Waals surface area (Å²) in [6, 6.07) is 3.13. The molecule has 0 saturated carbocycles. The lowest BCUT2D eigenvalue weighted by Gasteiger charge is -2.29. The van der Waals surface area contributed by atoms with Crippen LogP contribution in [0.25, 0.3) is 0 Å². The molecule has 1 aromatic rings. The molecule has 0 spiro atoms. The van der Waals surface area contributed by atoms with E-state index in [4.69, 9.17) is 0 Å². The van der Waals surface area contributed by atoms with E-state index in [0.717, 1.165) is 19.3 Å². The molecule has 6 nitrogen and oxygen atoms in total. The molecule has 96 valence electrons. The van der Waals surface area contributed by atoms with Crippen molar-refractivity contribution in [1.29, 1.82) is 0 Å². The van der Waals surface area contributed by atoms with Gasteiger partial charge in [0.15, 0.2) is 0 Å². The summed E-state index contributed by atoms with van der Waals surface area (Å²) in [5.41, 5.74) is -0.268. The first-order chi connectivity index (χ1) is 8.70. The molecule has 0 atom stereocenters. The molecule has 2 rings (SSSR count). The van der Waals surface area contributed by atoms with Crippen molar-refractivity contribution in [2.45, 2.75) is 18.9 Å². The summed E-state index contributed by atoms with van der Waals surface area (Å²) in [6.45, 7) is 1.28. The van der Waals surface area contributed by atoms with E-state index in [1.54, 1.807) is 11.0 Å². The topological polar surface area (TPSA) is 82.3 Å². The van der Waals surface area contributed by atoms with E-state index in [1.807, 2.05) is 0 Å². The van der Waals surface area contributed by atoms with Gasteiger partial charge >= 0.3 is 0 Å². The van der Waals surface area contributed by atoms with Crippen molar-refractivity contribution < 1.29 is 9.59 Å². The minimum Gasteiger partial charge on any atom is -0.349 e. The zero-order valence-corrected chi connectivity index (χ0v) is 9.89. The summed E-state index contributed by atoms with van der Waals surface area (Å²) >= 11 is 0. The second kappa shape index (κ2) is 5.48. The lowest BCUT2D eigenvalue weighted by molar-refractivity contribution is -0.119. The van der Waals surface area contributed by atoms with Gasteiger partial charge in [-0.3, -0.25) is 14.4 Å². The highest BCUT2D eigenvalue weighted by Gasteiger charge is 2.20. The van der Waals surface area contributed by atoms with E-state index in [-0.39, 0.29) is 23.1 Å². The Morgan fingerprint density at radius 2 is 2.17 bits per heavy atom. The number of nitrogens with zero attached hydrogens (tertiary/aromatic N) is 1. The lowest BCUT2D eigenvalue weighted by Crippen LogP contribution is -2.45. The van der Waals surface area contributed by atoms with Crippen LogP contribution in [0.15, 0.2) is 23.1 Å². The van der Waals surface area contributed by atoms with Crippen LogP contribution in [-0.4, -0.2) is 41.3 Å². The Kier molecular flexibility index (Phi) is 3.76. The molecule has 2 heterocycles. The van der Waals surface area contributed by atoms with Gasteiger partial charge < -0.3 is 15.2 Å². The van der Waals surface area contributed by atoms with Crippen molar-refractivity contribution in [1.82, 2.24) is 15.2 Å². The molecule has 0 bridgehead atoms. The Labute approximate surface area is 104 Å². The van der Waals surface area contributed by atoms with Crippen LogP contribution in [0.3, 0.4) is 0 Å². The zero-order valence-electron chi connectivity index (χ0n) is 9.89. The van der Waals surface area contributed by atoms with Crippen LogP contribution in [0.4, 0.5) is 0 Å². The number of amides is 2. The summed E-state index contributed by atoms with van der Waals surface area (Å²) in [4.78, 5) is 38.0. The van der Waals surface area contributed by atoms with E-state index in [0.29, 0.717) is 13.1 Å². The maximum absolute atomic E-state index is 11.9. The molecule has 0 aromatic carbocycles. The smallest absolute Gasteiger partial charge is 0.260 e. The van der Waals surface area contributed by atoms with Crippen LogP contribution >= 0.6 is 0 Å². The molecule has 1 aliphatic rings. The summed E-state index contributed by atoms with van der Waals surface area (Å²) < 4.78 is 0. The third-order valence-corrected chi connectivity index (χ3v) is 3.08. The van der Waals surface area contributed by atoms with Gasteiger partial charge in [0.25, 0.3) is 11.5 Å². The highest BCUT2D eigenvalue weighted by Crippen LogP contribution is 2.08. The molecule has 1 fully saturated rings.